The predicted molar refractivity (Wildman–Crippen MR) is 92.3 cm³/mol. The Balaban J connectivity index is 1.37. The van der Waals surface area contributed by atoms with E-state index in [2.05, 4.69) is 29.4 Å². The second kappa shape index (κ2) is 5.83. The number of amides is 1. The van der Waals surface area contributed by atoms with Gasteiger partial charge < -0.3 is 5.32 Å². The van der Waals surface area contributed by atoms with E-state index in [1.54, 1.807) is 0 Å². The molecule has 0 aromatic carbocycles. The van der Waals surface area contributed by atoms with Gasteiger partial charge in [0.05, 0.1) is 0 Å². The Morgan fingerprint density at radius 3 is 2.35 bits per heavy atom. The summed E-state index contributed by atoms with van der Waals surface area (Å²) < 4.78 is 0. The van der Waals surface area contributed by atoms with Gasteiger partial charge in [-0.25, -0.2) is 0 Å². The van der Waals surface area contributed by atoms with Crippen molar-refractivity contribution in [3.63, 3.8) is 0 Å². The lowest BCUT2D eigenvalue weighted by molar-refractivity contribution is -0.124. The maximum atomic E-state index is 12.6. The molecule has 1 N–H and O–H groups in total. The molecule has 5 heteroatoms. The highest BCUT2D eigenvalue weighted by Crippen LogP contribution is 2.61. The second-order valence-corrected chi connectivity index (χ2v) is 9.80. The first-order valence-electron chi connectivity index (χ1n) is 9.12. The summed E-state index contributed by atoms with van der Waals surface area (Å²) in [5.41, 5.74) is 0.296. The van der Waals surface area contributed by atoms with Crippen molar-refractivity contribution in [2.45, 2.75) is 65.2 Å². The molecule has 0 unspecified atom stereocenters. The maximum Gasteiger partial charge on any atom is 0.226 e. The topological polar surface area (TPSA) is 54.9 Å². The van der Waals surface area contributed by atoms with Crippen LogP contribution in [0.25, 0.3) is 0 Å². The number of aromatic nitrogens is 2. The molecule has 23 heavy (non-hydrogen) atoms. The van der Waals surface area contributed by atoms with Gasteiger partial charge in [-0.05, 0) is 67.6 Å². The highest BCUT2D eigenvalue weighted by molar-refractivity contribution is 7.15. The molecule has 0 saturated heterocycles. The van der Waals surface area contributed by atoms with Crippen LogP contribution in [0.15, 0.2) is 0 Å². The Kier molecular flexibility index (Phi) is 3.94. The van der Waals surface area contributed by atoms with Crippen molar-refractivity contribution in [3.05, 3.63) is 5.01 Å². The molecular weight excluding hydrogens is 306 g/mol. The molecule has 4 aliphatic rings. The summed E-state index contributed by atoms with van der Waals surface area (Å²) in [7, 11) is 0. The third kappa shape index (κ3) is 3.30. The molecule has 126 valence electrons. The van der Waals surface area contributed by atoms with Crippen molar-refractivity contribution in [3.8, 4) is 0 Å². The molecule has 1 amide bonds. The molecule has 4 aliphatic carbocycles. The lowest BCUT2D eigenvalue weighted by Gasteiger charge is -2.56. The van der Waals surface area contributed by atoms with Crippen molar-refractivity contribution in [1.82, 2.24) is 10.2 Å². The third-order valence-corrected chi connectivity index (χ3v) is 6.86. The Labute approximate surface area is 142 Å². The molecule has 0 radical (unpaired) electrons. The van der Waals surface area contributed by atoms with Gasteiger partial charge in [-0.2, -0.15) is 0 Å². The van der Waals surface area contributed by atoms with Gasteiger partial charge in [0.15, 0.2) is 0 Å². The predicted octanol–water partition coefficient (Wildman–Crippen LogP) is 4.28. The highest BCUT2D eigenvalue weighted by atomic mass is 32.1. The Bertz CT molecular complexity index is 560. The number of rotatable bonds is 5. The van der Waals surface area contributed by atoms with Crippen molar-refractivity contribution in [1.29, 1.82) is 0 Å². The Morgan fingerprint density at radius 2 is 1.78 bits per heavy atom. The van der Waals surface area contributed by atoms with Crippen LogP contribution in [0.3, 0.4) is 0 Å². The number of hydrogen-bond acceptors (Lipinski definition) is 4. The van der Waals surface area contributed by atoms with Crippen molar-refractivity contribution >= 4 is 22.4 Å². The number of hydrogen-bond donors (Lipinski definition) is 1. The lowest BCUT2D eigenvalue weighted by Crippen LogP contribution is -2.47. The zero-order valence-electron chi connectivity index (χ0n) is 14.2. The molecule has 1 aromatic rings. The first kappa shape index (κ1) is 15.6. The minimum atomic E-state index is 0.152. The number of nitrogens with zero attached hydrogens (tertiary/aromatic N) is 2. The second-order valence-electron chi connectivity index (χ2n) is 8.74. The van der Waals surface area contributed by atoms with Crippen LogP contribution in [0.4, 0.5) is 5.13 Å². The SMILES string of the molecule is CC(C)Cc1nnc(NC(=O)CC23CC4CC(CC(C4)C2)C3)s1. The van der Waals surface area contributed by atoms with E-state index in [1.165, 1.54) is 49.9 Å². The number of carbonyl (C=O) groups is 1. The molecule has 1 aromatic heterocycles. The summed E-state index contributed by atoms with van der Waals surface area (Å²) in [6.45, 7) is 4.35. The van der Waals surface area contributed by atoms with E-state index in [4.69, 9.17) is 0 Å². The third-order valence-electron chi connectivity index (χ3n) is 6.00. The molecule has 4 fully saturated rings. The van der Waals surface area contributed by atoms with E-state index in [0.717, 1.165) is 29.2 Å². The maximum absolute atomic E-state index is 12.6. The normalized spacial score (nSPS) is 35.0. The van der Waals surface area contributed by atoms with E-state index in [9.17, 15) is 4.79 Å². The monoisotopic (exact) mass is 333 g/mol. The molecule has 4 saturated carbocycles. The van der Waals surface area contributed by atoms with Gasteiger partial charge in [0.25, 0.3) is 0 Å². The molecule has 0 aliphatic heterocycles. The summed E-state index contributed by atoms with van der Waals surface area (Å²) in [6, 6.07) is 0. The van der Waals surface area contributed by atoms with Gasteiger partial charge >= 0.3 is 0 Å². The van der Waals surface area contributed by atoms with Crippen LogP contribution in [-0.2, 0) is 11.2 Å². The fourth-order valence-electron chi connectivity index (χ4n) is 5.75. The van der Waals surface area contributed by atoms with E-state index >= 15 is 0 Å². The van der Waals surface area contributed by atoms with E-state index in [0.29, 0.717) is 22.9 Å². The first-order valence-corrected chi connectivity index (χ1v) is 9.93. The summed E-state index contributed by atoms with van der Waals surface area (Å²) in [5, 5.41) is 13.0. The van der Waals surface area contributed by atoms with E-state index < -0.39 is 0 Å². The zero-order valence-corrected chi connectivity index (χ0v) is 15.0. The molecule has 0 spiro atoms. The van der Waals surface area contributed by atoms with Crippen LogP contribution >= 0.6 is 11.3 Å². The first-order chi connectivity index (χ1) is 11.0. The van der Waals surface area contributed by atoms with Crippen LogP contribution in [0.2, 0.25) is 0 Å². The van der Waals surface area contributed by atoms with E-state index in [1.807, 2.05) is 0 Å². The molecule has 1 heterocycles. The van der Waals surface area contributed by atoms with Crippen LogP contribution in [0.1, 0.15) is 63.8 Å². The zero-order chi connectivity index (χ0) is 16.0. The number of nitrogens with one attached hydrogen (secondary N) is 1. The van der Waals surface area contributed by atoms with Crippen LogP contribution < -0.4 is 5.32 Å². The standard InChI is InChI=1S/C18H27N3OS/c1-11(2)3-16-20-21-17(23-16)19-15(22)10-18-7-12-4-13(8-18)6-14(5-12)9-18/h11-14H,3-10H2,1-2H3,(H,19,21,22). The van der Waals surface area contributed by atoms with Crippen molar-refractivity contribution < 1.29 is 4.79 Å². The summed E-state index contributed by atoms with van der Waals surface area (Å²) in [6.07, 6.45) is 9.74. The molecule has 4 nitrogen and oxygen atoms in total. The largest absolute Gasteiger partial charge is 0.301 e. The number of carbonyl (C=O) groups excluding carboxylic acids is 1. The van der Waals surface area contributed by atoms with Gasteiger partial charge in [-0.15, -0.1) is 10.2 Å². The average Bonchev–Trinajstić information content (AvgIpc) is 2.82. The van der Waals surface area contributed by atoms with Crippen molar-refractivity contribution in [2.75, 3.05) is 5.32 Å². The fraction of sp³-hybridized carbons (Fsp3) is 0.833. The van der Waals surface area contributed by atoms with Gasteiger partial charge in [0, 0.05) is 12.8 Å². The summed E-state index contributed by atoms with van der Waals surface area (Å²) in [5.74, 6) is 3.41. The van der Waals surface area contributed by atoms with E-state index in [-0.39, 0.29) is 5.91 Å². The number of anilines is 1. The smallest absolute Gasteiger partial charge is 0.226 e. The Hall–Kier alpha value is -0.970. The quantitative estimate of drug-likeness (QED) is 0.875. The molecule has 0 atom stereocenters. The minimum Gasteiger partial charge on any atom is -0.301 e. The summed E-state index contributed by atoms with van der Waals surface area (Å²) >= 11 is 1.53. The lowest BCUT2D eigenvalue weighted by atomic mass is 9.49. The average molecular weight is 334 g/mol. The molecule has 5 rings (SSSR count). The van der Waals surface area contributed by atoms with Gasteiger partial charge in [-0.1, -0.05) is 25.2 Å². The van der Waals surface area contributed by atoms with Gasteiger partial charge in [-0.3, -0.25) is 4.79 Å². The Morgan fingerprint density at radius 1 is 1.17 bits per heavy atom. The summed E-state index contributed by atoms with van der Waals surface area (Å²) in [4.78, 5) is 12.6. The van der Waals surface area contributed by atoms with Crippen LogP contribution in [0.5, 0.6) is 0 Å². The minimum absolute atomic E-state index is 0.152. The van der Waals surface area contributed by atoms with Crippen LogP contribution in [0, 0.1) is 29.1 Å². The fourth-order valence-corrected chi connectivity index (χ4v) is 6.71. The highest BCUT2D eigenvalue weighted by Gasteiger charge is 2.51. The molecular formula is C18H27N3OS. The van der Waals surface area contributed by atoms with Crippen molar-refractivity contribution in [2.24, 2.45) is 29.1 Å². The van der Waals surface area contributed by atoms with Gasteiger partial charge in [0.1, 0.15) is 5.01 Å². The molecule has 4 bridgehead atoms. The van der Waals surface area contributed by atoms with Gasteiger partial charge in [0.2, 0.25) is 11.0 Å². The van der Waals surface area contributed by atoms with Crippen LogP contribution in [-0.4, -0.2) is 16.1 Å².